The van der Waals surface area contributed by atoms with E-state index < -0.39 is 0 Å². The van der Waals surface area contributed by atoms with Gasteiger partial charge in [0.25, 0.3) is 11.8 Å². The van der Waals surface area contributed by atoms with Crippen molar-refractivity contribution in [2.75, 3.05) is 26.3 Å². The highest BCUT2D eigenvalue weighted by Crippen LogP contribution is 2.28. The van der Waals surface area contributed by atoms with E-state index in [-0.39, 0.29) is 25.0 Å². The van der Waals surface area contributed by atoms with Crippen LogP contribution in [0.15, 0.2) is 54.3 Å². The largest absolute Gasteiger partial charge is 0.483 e. The molecule has 2 N–H and O–H groups in total. The van der Waals surface area contributed by atoms with Crippen LogP contribution < -0.4 is 20.1 Å². The second-order valence-corrected chi connectivity index (χ2v) is 9.32. The van der Waals surface area contributed by atoms with Gasteiger partial charge in [-0.15, -0.1) is 0 Å². The van der Waals surface area contributed by atoms with Gasteiger partial charge in [0.15, 0.2) is 13.2 Å². The van der Waals surface area contributed by atoms with Gasteiger partial charge in [0.1, 0.15) is 11.5 Å². The lowest BCUT2D eigenvalue weighted by molar-refractivity contribution is -0.123. The van der Waals surface area contributed by atoms with Gasteiger partial charge in [-0.25, -0.2) is 0 Å². The highest BCUT2D eigenvalue weighted by molar-refractivity contribution is 9.11. The number of hydrogen-bond acceptors (Lipinski definition) is 4. The van der Waals surface area contributed by atoms with Gasteiger partial charge in [0.05, 0.1) is 8.95 Å². The molecule has 0 aliphatic carbocycles. The molecule has 0 bridgehead atoms. The van der Waals surface area contributed by atoms with Crippen LogP contribution in [0.5, 0.6) is 11.5 Å². The van der Waals surface area contributed by atoms with E-state index in [1.54, 1.807) is 12.1 Å². The quantitative estimate of drug-likeness (QED) is 0.360. The second kappa shape index (κ2) is 12.6. The van der Waals surface area contributed by atoms with E-state index >= 15 is 0 Å². The fraction of sp³-hybridized carbons (Fsp3) is 0.263. The predicted molar refractivity (Wildman–Crippen MR) is 125 cm³/mol. The zero-order valence-electron chi connectivity index (χ0n) is 15.1. The molecule has 2 aromatic rings. The van der Waals surface area contributed by atoms with Crippen LogP contribution >= 0.6 is 63.7 Å². The van der Waals surface area contributed by atoms with Crippen LogP contribution in [0, 0.1) is 0 Å². The summed E-state index contributed by atoms with van der Waals surface area (Å²) in [4.78, 5) is 23.7. The topological polar surface area (TPSA) is 76.7 Å². The van der Waals surface area contributed by atoms with Crippen LogP contribution in [0.25, 0.3) is 0 Å². The molecular formula is C19H18Br4N2O4. The van der Waals surface area contributed by atoms with Gasteiger partial charge in [0, 0.05) is 22.0 Å². The molecule has 0 aliphatic rings. The number of carbonyl (C=O) groups excluding carboxylic acids is 2. The van der Waals surface area contributed by atoms with Gasteiger partial charge >= 0.3 is 0 Å². The van der Waals surface area contributed by atoms with Crippen LogP contribution in [0.4, 0.5) is 0 Å². The summed E-state index contributed by atoms with van der Waals surface area (Å²) in [5.41, 5.74) is 0. The average Bonchev–Trinajstić information content (AvgIpc) is 2.66. The van der Waals surface area contributed by atoms with E-state index in [9.17, 15) is 9.59 Å². The number of halogens is 4. The molecule has 0 atom stereocenters. The van der Waals surface area contributed by atoms with E-state index in [1.165, 1.54) is 0 Å². The fourth-order valence-corrected chi connectivity index (χ4v) is 4.44. The molecule has 10 heteroatoms. The lowest BCUT2D eigenvalue weighted by Crippen LogP contribution is -2.34. The summed E-state index contributed by atoms with van der Waals surface area (Å²) in [6.45, 7) is 0.706. The Kier molecular flexibility index (Phi) is 10.5. The maximum atomic E-state index is 11.8. The van der Waals surface area contributed by atoms with Crippen molar-refractivity contribution < 1.29 is 19.1 Å². The average molecular weight is 658 g/mol. The molecule has 29 heavy (non-hydrogen) atoms. The number of carbonyl (C=O) groups is 2. The number of amides is 2. The second-order valence-electron chi connectivity index (χ2n) is 5.78. The van der Waals surface area contributed by atoms with Crippen molar-refractivity contribution in [3.63, 3.8) is 0 Å². The summed E-state index contributed by atoms with van der Waals surface area (Å²) in [6.07, 6.45) is 0.599. The molecule has 0 spiro atoms. The Morgan fingerprint density at radius 2 is 1.14 bits per heavy atom. The summed E-state index contributed by atoms with van der Waals surface area (Å²) in [7, 11) is 0. The number of hydrogen-bond donors (Lipinski definition) is 2. The van der Waals surface area contributed by atoms with E-state index in [2.05, 4.69) is 74.4 Å². The molecule has 0 aliphatic heterocycles. The van der Waals surface area contributed by atoms with Crippen molar-refractivity contribution in [3.8, 4) is 11.5 Å². The lowest BCUT2D eigenvalue weighted by Gasteiger charge is -2.10. The summed E-state index contributed by atoms with van der Waals surface area (Å²) in [6, 6.07) is 10.9. The third-order valence-electron chi connectivity index (χ3n) is 3.50. The smallest absolute Gasteiger partial charge is 0.257 e. The number of rotatable bonds is 10. The molecule has 0 aromatic heterocycles. The van der Waals surface area contributed by atoms with Crippen molar-refractivity contribution in [3.05, 3.63) is 54.3 Å². The van der Waals surface area contributed by atoms with E-state index in [0.717, 1.165) is 17.9 Å². The Labute approximate surface area is 202 Å². The molecule has 2 aromatic carbocycles. The molecule has 2 rings (SSSR count). The highest BCUT2D eigenvalue weighted by Gasteiger charge is 2.07. The first-order valence-electron chi connectivity index (χ1n) is 8.54. The third-order valence-corrected chi connectivity index (χ3v) is 5.73. The normalized spacial score (nSPS) is 10.3. The van der Waals surface area contributed by atoms with Crippen LogP contribution in [0.3, 0.4) is 0 Å². The first-order valence-corrected chi connectivity index (χ1v) is 11.7. The van der Waals surface area contributed by atoms with E-state index in [0.29, 0.717) is 31.0 Å². The fourth-order valence-electron chi connectivity index (χ4n) is 2.12. The third kappa shape index (κ3) is 9.06. The maximum absolute atomic E-state index is 11.8. The van der Waals surface area contributed by atoms with Crippen LogP contribution in [0.1, 0.15) is 6.42 Å². The van der Waals surface area contributed by atoms with E-state index in [4.69, 9.17) is 9.47 Å². The zero-order chi connectivity index (χ0) is 21.2. The summed E-state index contributed by atoms with van der Waals surface area (Å²) in [5.74, 6) is 0.727. The first-order chi connectivity index (χ1) is 13.8. The Morgan fingerprint density at radius 3 is 1.52 bits per heavy atom. The van der Waals surface area contributed by atoms with Gasteiger partial charge in [0.2, 0.25) is 0 Å². The Bertz CT molecular complexity index is 795. The highest BCUT2D eigenvalue weighted by atomic mass is 79.9. The number of benzene rings is 2. The molecule has 0 saturated carbocycles. The maximum Gasteiger partial charge on any atom is 0.257 e. The van der Waals surface area contributed by atoms with Gasteiger partial charge in [-0.3, -0.25) is 9.59 Å². The minimum absolute atomic E-state index is 0.0809. The van der Waals surface area contributed by atoms with Crippen molar-refractivity contribution in [2.24, 2.45) is 0 Å². The standard InChI is InChI=1S/C19H18Br4N2O4/c20-12-2-4-16(14(22)8-12)28-10-18(26)24-6-1-7-25-19(27)11-29-17-5-3-13(21)9-15(17)23/h2-5,8-9H,1,6-7,10-11H2,(H,24,26)(H,25,27). The van der Waals surface area contributed by atoms with Crippen molar-refractivity contribution in [1.29, 1.82) is 0 Å². The van der Waals surface area contributed by atoms with Crippen LogP contribution in [0.2, 0.25) is 0 Å². The molecule has 2 amide bonds. The number of nitrogens with one attached hydrogen (secondary N) is 2. The zero-order valence-corrected chi connectivity index (χ0v) is 21.5. The minimum Gasteiger partial charge on any atom is -0.483 e. The molecule has 0 saturated heterocycles. The molecule has 0 unspecified atom stereocenters. The van der Waals surface area contributed by atoms with Crippen molar-refractivity contribution in [2.45, 2.75) is 6.42 Å². The van der Waals surface area contributed by atoms with Crippen molar-refractivity contribution in [1.82, 2.24) is 10.6 Å². The van der Waals surface area contributed by atoms with Gasteiger partial charge in [-0.05, 0) is 74.7 Å². The van der Waals surface area contributed by atoms with Crippen molar-refractivity contribution >= 4 is 75.5 Å². The van der Waals surface area contributed by atoms with E-state index in [1.807, 2.05) is 24.3 Å². The van der Waals surface area contributed by atoms with Gasteiger partial charge < -0.3 is 20.1 Å². The molecule has 0 fully saturated rings. The molecule has 0 heterocycles. The Balaban J connectivity index is 1.56. The Morgan fingerprint density at radius 1 is 0.724 bits per heavy atom. The van der Waals surface area contributed by atoms with Gasteiger partial charge in [-0.2, -0.15) is 0 Å². The molecule has 6 nitrogen and oxygen atoms in total. The summed E-state index contributed by atoms with van der Waals surface area (Å²) < 4.78 is 14.3. The molecule has 156 valence electrons. The minimum atomic E-state index is -0.227. The van der Waals surface area contributed by atoms with Crippen LogP contribution in [-0.4, -0.2) is 38.1 Å². The lowest BCUT2D eigenvalue weighted by atomic mass is 10.3. The summed E-state index contributed by atoms with van der Waals surface area (Å²) >= 11 is 13.5. The summed E-state index contributed by atoms with van der Waals surface area (Å²) in [5, 5.41) is 5.49. The Hall–Kier alpha value is -1.10. The van der Waals surface area contributed by atoms with Crippen LogP contribution in [-0.2, 0) is 9.59 Å². The molecular weight excluding hydrogens is 640 g/mol. The van der Waals surface area contributed by atoms with Gasteiger partial charge in [-0.1, -0.05) is 31.9 Å². The first kappa shape index (κ1) is 24.2. The number of ether oxygens (including phenoxy) is 2. The monoisotopic (exact) mass is 654 g/mol. The molecule has 0 radical (unpaired) electrons. The predicted octanol–water partition coefficient (Wildman–Crippen LogP) is 4.82. The SMILES string of the molecule is O=C(COc1ccc(Br)cc1Br)NCCCNC(=O)COc1ccc(Br)cc1Br.